The molecule has 0 saturated carbocycles. The molecular formula is C23H26N2. The number of aryl methyl sites for hydroxylation is 1. The molecule has 1 aliphatic heterocycles. The number of benzene rings is 2. The molecular weight excluding hydrogens is 304 g/mol. The van der Waals surface area contributed by atoms with Gasteiger partial charge in [-0.1, -0.05) is 37.3 Å². The lowest BCUT2D eigenvalue weighted by atomic mass is 9.79. The van der Waals surface area contributed by atoms with Crippen LogP contribution in [0.1, 0.15) is 55.4 Å². The summed E-state index contributed by atoms with van der Waals surface area (Å²) in [6.45, 7) is 9.04. The Hall–Kier alpha value is -2.53. The number of nitrogens with zero attached hydrogens (tertiary/aromatic N) is 2. The van der Waals surface area contributed by atoms with Gasteiger partial charge in [-0.15, -0.1) is 0 Å². The van der Waals surface area contributed by atoms with Crippen molar-refractivity contribution in [2.45, 2.75) is 45.6 Å². The van der Waals surface area contributed by atoms with Gasteiger partial charge in [-0.2, -0.15) is 5.26 Å². The average Bonchev–Trinajstić information content (AvgIpc) is 2.59. The number of hydrogen-bond donors (Lipinski definition) is 0. The summed E-state index contributed by atoms with van der Waals surface area (Å²) in [7, 11) is 2.18. The molecule has 3 rings (SSSR count). The Morgan fingerprint density at radius 3 is 2.56 bits per heavy atom. The van der Waals surface area contributed by atoms with E-state index in [0.717, 1.165) is 17.5 Å². The topological polar surface area (TPSA) is 27.0 Å². The summed E-state index contributed by atoms with van der Waals surface area (Å²) in [5.41, 5.74) is 6.88. The van der Waals surface area contributed by atoms with E-state index in [1.807, 2.05) is 36.4 Å². The smallest absolute Gasteiger partial charge is 0.0998 e. The highest BCUT2D eigenvalue weighted by molar-refractivity contribution is 5.90. The van der Waals surface area contributed by atoms with Gasteiger partial charge >= 0.3 is 0 Å². The summed E-state index contributed by atoms with van der Waals surface area (Å²) < 4.78 is 0. The van der Waals surface area contributed by atoms with Crippen LogP contribution in [-0.2, 0) is 0 Å². The van der Waals surface area contributed by atoms with Crippen LogP contribution in [0.2, 0.25) is 0 Å². The highest BCUT2D eigenvalue weighted by Crippen LogP contribution is 2.43. The quantitative estimate of drug-likeness (QED) is 0.515. The summed E-state index contributed by atoms with van der Waals surface area (Å²) in [6, 6.07) is 16.8. The van der Waals surface area contributed by atoms with Gasteiger partial charge in [0.15, 0.2) is 0 Å². The van der Waals surface area contributed by atoms with Crippen molar-refractivity contribution in [1.29, 1.82) is 5.26 Å². The molecule has 128 valence electrons. The number of nitriles is 1. The highest BCUT2D eigenvalue weighted by atomic mass is 15.2. The molecule has 0 saturated heterocycles. The minimum Gasteiger partial charge on any atom is -0.369 e. The maximum atomic E-state index is 9.61. The van der Waals surface area contributed by atoms with E-state index in [1.165, 1.54) is 16.8 Å². The zero-order valence-electron chi connectivity index (χ0n) is 15.8. The molecule has 1 atom stereocenters. The van der Waals surface area contributed by atoms with Crippen molar-refractivity contribution in [3.8, 4) is 6.07 Å². The summed E-state index contributed by atoms with van der Waals surface area (Å²) in [6.07, 6.45) is 3.16. The number of hydrogen-bond acceptors (Lipinski definition) is 2. The number of fused-ring (bicyclic) bond motifs is 1. The van der Waals surface area contributed by atoms with E-state index < -0.39 is 0 Å². The van der Waals surface area contributed by atoms with Gasteiger partial charge in [-0.05, 0) is 73.6 Å². The fraction of sp³-hybridized carbons (Fsp3) is 0.348. The Labute approximate surface area is 151 Å². The van der Waals surface area contributed by atoms with Gasteiger partial charge in [-0.3, -0.25) is 0 Å². The standard InChI is InChI=1S/C23H26N2/c1-16-11-22-21(17(2)14-23(3,4)25(22)5)13-19(16)12-20(15-24)18-9-7-6-8-10-18/h6-13,17H,14H2,1-5H3/b20-12-. The molecule has 1 aliphatic rings. The predicted octanol–water partition coefficient (Wildman–Crippen LogP) is 5.78. The molecule has 1 unspecified atom stereocenters. The molecule has 2 aromatic carbocycles. The molecule has 0 N–H and O–H groups in total. The minimum absolute atomic E-state index is 0.165. The molecule has 0 radical (unpaired) electrons. The van der Waals surface area contributed by atoms with E-state index in [1.54, 1.807) is 0 Å². The number of rotatable bonds is 2. The summed E-state index contributed by atoms with van der Waals surface area (Å²) in [5.74, 6) is 0.510. The fourth-order valence-electron chi connectivity index (χ4n) is 3.84. The van der Waals surface area contributed by atoms with Crippen molar-refractivity contribution >= 4 is 17.3 Å². The Bertz CT molecular complexity index is 854. The van der Waals surface area contributed by atoms with Crippen LogP contribution in [0, 0.1) is 18.3 Å². The first-order valence-corrected chi connectivity index (χ1v) is 8.89. The van der Waals surface area contributed by atoms with Gasteiger partial charge in [0, 0.05) is 18.3 Å². The van der Waals surface area contributed by atoms with Crippen LogP contribution < -0.4 is 4.90 Å². The Morgan fingerprint density at radius 1 is 1.24 bits per heavy atom. The van der Waals surface area contributed by atoms with Crippen molar-refractivity contribution in [1.82, 2.24) is 0 Å². The van der Waals surface area contributed by atoms with Gasteiger partial charge in [-0.25, -0.2) is 0 Å². The van der Waals surface area contributed by atoms with Crippen molar-refractivity contribution in [3.05, 3.63) is 64.7 Å². The third-order valence-electron chi connectivity index (χ3n) is 5.53. The molecule has 0 bridgehead atoms. The lowest BCUT2D eigenvalue weighted by Gasteiger charge is -2.45. The molecule has 2 aromatic rings. The van der Waals surface area contributed by atoms with Crippen molar-refractivity contribution in [2.24, 2.45) is 0 Å². The molecule has 0 fully saturated rings. The van der Waals surface area contributed by atoms with Crippen LogP contribution in [-0.4, -0.2) is 12.6 Å². The van der Waals surface area contributed by atoms with Gasteiger partial charge < -0.3 is 4.90 Å². The van der Waals surface area contributed by atoms with Crippen LogP contribution >= 0.6 is 0 Å². The Kier molecular flexibility index (Phi) is 4.43. The van der Waals surface area contributed by atoms with E-state index >= 15 is 0 Å². The highest BCUT2D eigenvalue weighted by Gasteiger charge is 2.34. The molecule has 0 amide bonds. The van der Waals surface area contributed by atoms with E-state index in [4.69, 9.17) is 0 Å². The van der Waals surface area contributed by atoms with Gasteiger partial charge in [0.2, 0.25) is 0 Å². The maximum absolute atomic E-state index is 9.61. The summed E-state index contributed by atoms with van der Waals surface area (Å²) >= 11 is 0. The zero-order chi connectivity index (χ0) is 18.2. The predicted molar refractivity (Wildman–Crippen MR) is 107 cm³/mol. The van der Waals surface area contributed by atoms with Crippen LogP contribution in [0.15, 0.2) is 42.5 Å². The summed E-state index contributed by atoms with van der Waals surface area (Å²) in [4.78, 5) is 2.39. The van der Waals surface area contributed by atoms with E-state index in [0.29, 0.717) is 11.5 Å². The lowest BCUT2D eigenvalue weighted by Crippen LogP contribution is -2.45. The largest absolute Gasteiger partial charge is 0.369 e. The second kappa shape index (κ2) is 6.41. The Balaban J connectivity index is 2.10. The van der Waals surface area contributed by atoms with Gasteiger partial charge in [0.05, 0.1) is 11.6 Å². The SMILES string of the molecule is Cc1cc2c(cc1/C=C(/C#N)c1ccccc1)C(C)CC(C)(C)N2C. The zero-order valence-corrected chi connectivity index (χ0v) is 15.8. The van der Waals surface area contributed by atoms with Crippen molar-refractivity contribution in [3.63, 3.8) is 0 Å². The monoisotopic (exact) mass is 330 g/mol. The second-order valence-electron chi connectivity index (χ2n) is 7.78. The molecule has 0 aliphatic carbocycles. The minimum atomic E-state index is 0.165. The van der Waals surface area contributed by atoms with E-state index in [2.05, 4.69) is 57.8 Å². The second-order valence-corrected chi connectivity index (χ2v) is 7.78. The fourth-order valence-corrected chi connectivity index (χ4v) is 3.84. The van der Waals surface area contributed by atoms with Crippen molar-refractivity contribution in [2.75, 3.05) is 11.9 Å². The summed E-state index contributed by atoms with van der Waals surface area (Å²) in [5, 5.41) is 9.61. The average molecular weight is 330 g/mol. The van der Waals surface area contributed by atoms with Crippen LogP contribution in [0.5, 0.6) is 0 Å². The lowest BCUT2D eigenvalue weighted by molar-refractivity contribution is 0.395. The molecule has 0 aromatic heterocycles. The van der Waals surface area contributed by atoms with E-state index in [9.17, 15) is 5.26 Å². The Morgan fingerprint density at radius 2 is 1.92 bits per heavy atom. The first kappa shape index (κ1) is 17.3. The number of anilines is 1. The molecule has 2 nitrogen and oxygen atoms in total. The molecule has 1 heterocycles. The third kappa shape index (κ3) is 3.20. The molecule has 2 heteroatoms. The van der Waals surface area contributed by atoms with Gasteiger partial charge in [0.1, 0.15) is 0 Å². The van der Waals surface area contributed by atoms with Crippen molar-refractivity contribution < 1.29 is 0 Å². The molecule has 0 spiro atoms. The normalized spacial score (nSPS) is 19.3. The third-order valence-corrected chi connectivity index (χ3v) is 5.53. The maximum Gasteiger partial charge on any atom is 0.0998 e. The number of allylic oxidation sites excluding steroid dienone is 1. The molecule has 25 heavy (non-hydrogen) atoms. The first-order valence-electron chi connectivity index (χ1n) is 8.89. The van der Waals surface area contributed by atoms with Crippen LogP contribution in [0.3, 0.4) is 0 Å². The van der Waals surface area contributed by atoms with Crippen LogP contribution in [0.25, 0.3) is 11.6 Å². The van der Waals surface area contributed by atoms with Gasteiger partial charge in [0.25, 0.3) is 0 Å². The van der Waals surface area contributed by atoms with E-state index in [-0.39, 0.29) is 5.54 Å². The first-order chi connectivity index (χ1) is 11.8. The van der Waals surface area contributed by atoms with Crippen LogP contribution in [0.4, 0.5) is 5.69 Å².